The Balaban J connectivity index is 2.31. The van der Waals surface area contributed by atoms with Gasteiger partial charge in [-0.05, 0) is 53.8 Å². The number of aryl methyl sites for hydroxylation is 1. The summed E-state index contributed by atoms with van der Waals surface area (Å²) in [5.41, 5.74) is 3.68. The predicted octanol–water partition coefficient (Wildman–Crippen LogP) is 3.98. The molecule has 3 aromatic rings. The van der Waals surface area contributed by atoms with E-state index in [4.69, 9.17) is 0 Å². The largest absolute Gasteiger partial charge is 0.376 e. The molecule has 1 aromatic heterocycles. The van der Waals surface area contributed by atoms with Crippen LogP contribution in [0.1, 0.15) is 27.8 Å². The second-order valence-electron chi connectivity index (χ2n) is 5.56. The van der Waals surface area contributed by atoms with Crippen molar-refractivity contribution in [2.24, 2.45) is 0 Å². The molecule has 22 heavy (non-hydrogen) atoms. The minimum absolute atomic E-state index is 0.822. The third-order valence-electron chi connectivity index (χ3n) is 4.28. The van der Waals surface area contributed by atoms with Gasteiger partial charge in [0.05, 0.1) is 0 Å². The Bertz CT molecular complexity index is 727. The second-order valence-corrected chi connectivity index (χ2v) is 5.56. The van der Waals surface area contributed by atoms with Crippen LogP contribution in [0.2, 0.25) is 0 Å². The van der Waals surface area contributed by atoms with Crippen LogP contribution in [0.15, 0.2) is 73.1 Å². The zero-order chi connectivity index (χ0) is 15.6. The molecule has 0 saturated carbocycles. The van der Waals surface area contributed by atoms with Crippen LogP contribution in [-0.4, -0.2) is 10.1 Å². The molecular weight excluding hydrogens is 270 g/mol. The van der Waals surface area contributed by atoms with Crippen molar-refractivity contribution in [2.45, 2.75) is 19.4 Å². The normalized spacial score (nSPS) is 13.6. The predicted molar refractivity (Wildman–Crippen MR) is 88.7 cm³/mol. The summed E-state index contributed by atoms with van der Waals surface area (Å²) in [6.07, 6.45) is 3.43. The first-order chi connectivity index (χ1) is 10.6. The van der Waals surface area contributed by atoms with E-state index < -0.39 is 5.60 Å². The van der Waals surface area contributed by atoms with Crippen LogP contribution < -0.4 is 0 Å². The van der Waals surface area contributed by atoms with E-state index in [-0.39, 0.29) is 0 Å². The number of hydrogen-bond donors (Lipinski definition) is 1. The van der Waals surface area contributed by atoms with Crippen molar-refractivity contribution in [3.63, 3.8) is 0 Å². The van der Waals surface area contributed by atoms with Gasteiger partial charge in [0.15, 0.2) is 0 Å². The summed E-state index contributed by atoms with van der Waals surface area (Å²) in [5.74, 6) is 0. The van der Waals surface area contributed by atoms with E-state index >= 15 is 0 Å². The third-order valence-corrected chi connectivity index (χ3v) is 4.28. The van der Waals surface area contributed by atoms with E-state index in [2.05, 4.69) is 24.9 Å². The first-order valence-corrected chi connectivity index (χ1v) is 7.39. The number of hydrogen-bond acceptors (Lipinski definition) is 2. The molecule has 0 bridgehead atoms. The Labute approximate surface area is 131 Å². The maximum Gasteiger partial charge on any atom is 0.140 e. The molecule has 110 valence electrons. The first-order valence-electron chi connectivity index (χ1n) is 7.39. The molecule has 0 radical (unpaired) electrons. The smallest absolute Gasteiger partial charge is 0.140 e. The monoisotopic (exact) mass is 289 g/mol. The summed E-state index contributed by atoms with van der Waals surface area (Å²) < 4.78 is 0. The Hall–Kier alpha value is -2.45. The average Bonchev–Trinajstić information content (AvgIpc) is 2.58. The van der Waals surface area contributed by atoms with Crippen LogP contribution in [0.25, 0.3) is 0 Å². The topological polar surface area (TPSA) is 33.1 Å². The summed E-state index contributed by atoms with van der Waals surface area (Å²) in [7, 11) is 0. The van der Waals surface area contributed by atoms with Crippen LogP contribution in [-0.2, 0) is 5.60 Å². The van der Waals surface area contributed by atoms with Gasteiger partial charge in [0, 0.05) is 12.4 Å². The number of rotatable bonds is 3. The summed E-state index contributed by atoms with van der Waals surface area (Å²) in [4.78, 5) is 4.08. The van der Waals surface area contributed by atoms with Gasteiger partial charge in [0.25, 0.3) is 0 Å². The van der Waals surface area contributed by atoms with Crippen LogP contribution in [0.4, 0.5) is 0 Å². The maximum absolute atomic E-state index is 11.7. The quantitative estimate of drug-likeness (QED) is 0.791. The Morgan fingerprint density at radius 1 is 0.773 bits per heavy atom. The zero-order valence-corrected chi connectivity index (χ0v) is 12.8. The van der Waals surface area contributed by atoms with Crippen molar-refractivity contribution in [1.29, 1.82) is 0 Å². The summed E-state index contributed by atoms with van der Waals surface area (Å²) in [6, 6.07) is 19.6. The average molecular weight is 289 g/mol. The molecule has 0 spiro atoms. The van der Waals surface area contributed by atoms with Crippen LogP contribution in [0, 0.1) is 13.8 Å². The van der Waals surface area contributed by atoms with E-state index in [1.54, 1.807) is 12.4 Å². The molecule has 0 amide bonds. The number of pyridine rings is 1. The molecule has 1 heterocycles. The molecule has 0 aliphatic heterocycles. The molecule has 2 nitrogen and oxygen atoms in total. The molecular formula is C20H19NO. The fourth-order valence-electron chi connectivity index (χ4n) is 2.89. The van der Waals surface area contributed by atoms with Crippen molar-refractivity contribution >= 4 is 0 Å². The van der Waals surface area contributed by atoms with Gasteiger partial charge >= 0.3 is 0 Å². The molecule has 0 aliphatic rings. The Morgan fingerprint density at radius 3 is 2.09 bits per heavy atom. The number of aliphatic hydroxyl groups is 1. The van der Waals surface area contributed by atoms with Gasteiger partial charge in [0.2, 0.25) is 0 Å². The molecule has 2 aromatic carbocycles. The summed E-state index contributed by atoms with van der Waals surface area (Å²) >= 11 is 0. The summed E-state index contributed by atoms with van der Waals surface area (Å²) in [6.45, 7) is 4.12. The molecule has 0 saturated heterocycles. The molecule has 0 fully saturated rings. The third kappa shape index (κ3) is 2.32. The van der Waals surface area contributed by atoms with Crippen molar-refractivity contribution in [3.05, 3.63) is 101 Å². The van der Waals surface area contributed by atoms with Crippen molar-refractivity contribution < 1.29 is 5.11 Å². The highest BCUT2D eigenvalue weighted by Crippen LogP contribution is 2.38. The van der Waals surface area contributed by atoms with Crippen molar-refractivity contribution in [3.8, 4) is 0 Å². The number of aromatic nitrogens is 1. The Kier molecular flexibility index (Phi) is 3.78. The van der Waals surface area contributed by atoms with Crippen molar-refractivity contribution in [1.82, 2.24) is 4.98 Å². The van der Waals surface area contributed by atoms with Gasteiger partial charge in [-0.15, -0.1) is 0 Å². The molecule has 1 unspecified atom stereocenters. The number of benzene rings is 2. The minimum atomic E-state index is -1.18. The van der Waals surface area contributed by atoms with Gasteiger partial charge in [-0.25, -0.2) is 0 Å². The van der Waals surface area contributed by atoms with Gasteiger partial charge < -0.3 is 5.11 Å². The maximum atomic E-state index is 11.7. The fraction of sp³-hybridized carbons (Fsp3) is 0.150. The molecule has 1 N–H and O–H groups in total. The van der Waals surface area contributed by atoms with Crippen LogP contribution in [0.3, 0.4) is 0 Å². The van der Waals surface area contributed by atoms with Gasteiger partial charge in [-0.2, -0.15) is 0 Å². The zero-order valence-electron chi connectivity index (χ0n) is 12.8. The van der Waals surface area contributed by atoms with Gasteiger partial charge in [-0.1, -0.05) is 48.5 Å². The van der Waals surface area contributed by atoms with E-state index in [0.717, 1.165) is 22.3 Å². The van der Waals surface area contributed by atoms with E-state index in [1.807, 2.05) is 54.6 Å². The lowest BCUT2D eigenvalue weighted by Gasteiger charge is -2.32. The van der Waals surface area contributed by atoms with Crippen molar-refractivity contribution in [2.75, 3.05) is 0 Å². The number of nitrogens with zero attached hydrogens (tertiary/aromatic N) is 1. The van der Waals surface area contributed by atoms with E-state index in [9.17, 15) is 5.11 Å². The SMILES string of the molecule is Cc1cccc(C(O)(c2ccccc2)c2ccncc2)c1C. The first kappa shape index (κ1) is 14.5. The van der Waals surface area contributed by atoms with E-state index in [0.29, 0.717) is 0 Å². The fourth-order valence-corrected chi connectivity index (χ4v) is 2.89. The lowest BCUT2D eigenvalue weighted by Crippen LogP contribution is -2.30. The van der Waals surface area contributed by atoms with Gasteiger partial charge in [0.1, 0.15) is 5.60 Å². The molecule has 2 heteroatoms. The van der Waals surface area contributed by atoms with Crippen LogP contribution >= 0.6 is 0 Å². The molecule has 3 rings (SSSR count). The van der Waals surface area contributed by atoms with Crippen LogP contribution in [0.5, 0.6) is 0 Å². The lowest BCUT2D eigenvalue weighted by molar-refractivity contribution is 0.125. The highest BCUT2D eigenvalue weighted by atomic mass is 16.3. The van der Waals surface area contributed by atoms with Gasteiger partial charge in [-0.3, -0.25) is 4.98 Å². The highest BCUT2D eigenvalue weighted by Gasteiger charge is 2.35. The van der Waals surface area contributed by atoms with E-state index in [1.165, 1.54) is 5.56 Å². The summed E-state index contributed by atoms with van der Waals surface area (Å²) in [5, 5.41) is 11.7. The Morgan fingerprint density at radius 2 is 1.41 bits per heavy atom. The minimum Gasteiger partial charge on any atom is -0.376 e. The molecule has 1 atom stereocenters. The lowest BCUT2D eigenvalue weighted by atomic mass is 9.78. The second kappa shape index (κ2) is 5.74. The molecule has 0 aliphatic carbocycles. The highest BCUT2D eigenvalue weighted by molar-refractivity contribution is 5.50. The standard InChI is InChI=1S/C20H19NO/c1-15-7-6-10-19(16(15)2)20(22,17-8-4-3-5-9-17)18-11-13-21-14-12-18/h3-14,22H,1-2H3.